The molecule has 8 aliphatic rings. The van der Waals surface area contributed by atoms with Crippen molar-refractivity contribution < 1.29 is 100 Å². The standard InChI is InChI=1S/C50H54N4O10.C25H29N3O5.C25H27NO6/c1-5-9-13-29(7-3)27-63-25-11-23-51-43(55)31-15-19-35-41-36(20-16-32(39(31)41)44(51)56)48(60)53(47(35)59)54-49(61)37-21-17-33-40-34(18-22-38(42(37)40)50(54)62)46(58)52(45(33)57)24-12-26-64-28-30(8-4)14-10-6-2;1-3-5-7-15(4-2)14-33-13-6-12-27-22(29)16-8-10-18-21-19(25(32)28(26)24(18)31)11-9-17(20(16)21)23(27)30;1-3-5-7-15(4-2)14-31-13-6-12-26-22(27)16-8-10-18-21-19(25(30)32-24(18)29)11-9-17(20(16)21)23(26)28/h15-22,29-30H,5-14,23-28H2,1-4H3;8-11,15H,3-7,12-14,26H2,1-2H3;8-11,15H,3-7,12-14H2,1-2H3. The Morgan fingerprint density at radius 3 is 0.597 bits per heavy atom. The normalized spacial score (nSPS) is 16.4. The number of nitrogens with two attached hydrogens (primary N) is 1. The van der Waals surface area contributed by atoms with E-state index in [-0.39, 0.29) is 114 Å². The first-order valence-electron chi connectivity index (χ1n) is 45.7. The number of ether oxygens (including phenoxy) is 5. The van der Waals surface area contributed by atoms with Gasteiger partial charge in [0.2, 0.25) is 0 Å². The average Bonchev–Trinajstić information content (AvgIpc) is 0.700. The van der Waals surface area contributed by atoms with E-state index in [4.69, 9.17) is 29.5 Å². The molecule has 676 valence electrons. The molecular weight excluding hydrogens is 1650 g/mol. The van der Waals surface area contributed by atoms with Gasteiger partial charge in [0.1, 0.15) is 0 Å². The van der Waals surface area contributed by atoms with Gasteiger partial charge in [-0.1, -0.05) is 132 Å². The molecule has 4 atom stereocenters. The molecule has 16 rings (SSSR count). The number of unbranched alkanes of at least 4 members (excludes halogenated alkanes) is 4. The monoisotopic (exact) mass is 1760 g/mol. The minimum absolute atomic E-state index is 0.0776. The zero-order valence-corrected chi connectivity index (χ0v) is 74.5. The van der Waals surface area contributed by atoms with Gasteiger partial charge < -0.3 is 23.7 Å². The van der Waals surface area contributed by atoms with E-state index in [0.29, 0.717) is 161 Å². The van der Waals surface area contributed by atoms with Crippen LogP contribution in [-0.2, 0) is 23.7 Å². The molecule has 0 aromatic heterocycles. The second kappa shape index (κ2) is 40.6. The van der Waals surface area contributed by atoms with Crippen molar-refractivity contribution in [3.05, 3.63) is 186 Å². The lowest BCUT2D eigenvalue weighted by Gasteiger charge is -2.38. The molecule has 29 nitrogen and oxygen atoms in total. The van der Waals surface area contributed by atoms with Crippen LogP contribution in [0.25, 0.3) is 43.1 Å². The number of hydrogen-bond acceptors (Lipinski definition) is 22. The number of hydrogen-bond donors (Lipinski definition) is 1. The lowest BCUT2D eigenvalue weighted by atomic mass is 9.85. The third-order valence-corrected chi connectivity index (χ3v) is 26.1. The van der Waals surface area contributed by atoms with Gasteiger partial charge in [0.25, 0.3) is 82.7 Å². The van der Waals surface area contributed by atoms with E-state index < -0.39 is 94.6 Å². The molecule has 0 aliphatic carbocycles. The molecule has 0 saturated carbocycles. The first-order chi connectivity index (χ1) is 62.4. The van der Waals surface area contributed by atoms with E-state index in [1.165, 1.54) is 133 Å². The Morgan fingerprint density at radius 2 is 0.411 bits per heavy atom. The van der Waals surface area contributed by atoms with Crippen LogP contribution in [0, 0.1) is 23.7 Å². The first-order valence-corrected chi connectivity index (χ1v) is 45.7. The third-order valence-electron chi connectivity index (χ3n) is 26.1. The maximum absolute atomic E-state index is 14.4. The van der Waals surface area contributed by atoms with Crippen molar-refractivity contribution in [2.45, 2.75) is 184 Å². The van der Waals surface area contributed by atoms with Crippen LogP contribution in [0.2, 0.25) is 0 Å². The molecule has 14 amide bonds. The predicted molar refractivity (Wildman–Crippen MR) is 478 cm³/mol. The summed E-state index contributed by atoms with van der Waals surface area (Å²) in [5, 5.41) is 3.38. The van der Waals surface area contributed by atoms with E-state index in [9.17, 15) is 76.7 Å². The maximum Gasteiger partial charge on any atom is 0.346 e. The number of benzene rings is 8. The summed E-state index contributed by atoms with van der Waals surface area (Å²) in [5.74, 6) is -3.23. The largest absolute Gasteiger partial charge is 0.386 e. The smallest absolute Gasteiger partial charge is 0.346 e. The highest BCUT2D eigenvalue weighted by Crippen LogP contribution is 2.45. The highest BCUT2D eigenvalue weighted by Gasteiger charge is 2.50. The van der Waals surface area contributed by atoms with Gasteiger partial charge in [-0.3, -0.25) is 86.7 Å². The molecule has 0 spiro atoms. The fourth-order valence-electron chi connectivity index (χ4n) is 18.6. The lowest BCUT2D eigenvalue weighted by Crippen LogP contribution is -2.58. The molecule has 0 saturated heterocycles. The van der Waals surface area contributed by atoms with E-state index in [0.717, 1.165) is 86.8 Å². The van der Waals surface area contributed by atoms with Crippen molar-refractivity contribution in [3.8, 4) is 0 Å². The Morgan fingerprint density at radius 1 is 0.240 bits per heavy atom. The Bertz CT molecular complexity index is 5490. The van der Waals surface area contributed by atoms with Crippen molar-refractivity contribution in [3.63, 3.8) is 0 Å². The Hall–Kier alpha value is -12.3. The van der Waals surface area contributed by atoms with Crippen molar-refractivity contribution in [2.24, 2.45) is 29.5 Å². The van der Waals surface area contributed by atoms with Gasteiger partial charge in [0.15, 0.2) is 0 Å². The molecule has 0 bridgehead atoms. The molecule has 4 unspecified atom stereocenters. The average molecular weight is 1760 g/mol. The Balaban J connectivity index is 0.000000173. The summed E-state index contributed by atoms with van der Waals surface area (Å²) < 4.78 is 28.2. The minimum atomic E-state index is -1.00. The van der Waals surface area contributed by atoms with Crippen molar-refractivity contribution in [2.75, 3.05) is 79.0 Å². The van der Waals surface area contributed by atoms with Crippen LogP contribution >= 0.6 is 0 Å². The van der Waals surface area contributed by atoms with E-state index >= 15 is 0 Å². The van der Waals surface area contributed by atoms with Crippen LogP contribution in [0.15, 0.2) is 97.1 Å². The summed E-state index contributed by atoms with van der Waals surface area (Å²) in [5.41, 5.74) is 2.33. The number of nitrogens with zero attached hydrogens (tertiary/aromatic N) is 7. The van der Waals surface area contributed by atoms with Crippen molar-refractivity contribution >= 4 is 138 Å². The molecule has 2 N–H and O–H groups in total. The number of amides is 14. The van der Waals surface area contributed by atoms with Gasteiger partial charge in [-0.15, -0.1) is 0 Å². The minimum Gasteiger partial charge on any atom is -0.386 e. The molecule has 129 heavy (non-hydrogen) atoms. The predicted octanol–water partition coefficient (Wildman–Crippen LogP) is 16.1. The van der Waals surface area contributed by atoms with Crippen LogP contribution < -0.4 is 5.84 Å². The summed E-state index contributed by atoms with van der Waals surface area (Å²) >= 11 is 0. The maximum atomic E-state index is 14.4. The van der Waals surface area contributed by atoms with Gasteiger partial charge in [-0.2, -0.15) is 10.0 Å². The number of carbonyl (C=O) groups excluding carboxylic acids is 16. The van der Waals surface area contributed by atoms with Crippen LogP contribution in [0.1, 0.15) is 350 Å². The highest BCUT2D eigenvalue weighted by molar-refractivity contribution is 6.39. The van der Waals surface area contributed by atoms with E-state index in [1.807, 2.05) is 0 Å². The molecular formula is C100H110N8O21. The van der Waals surface area contributed by atoms with Crippen molar-refractivity contribution in [1.82, 2.24) is 34.6 Å². The second-order valence-corrected chi connectivity index (χ2v) is 34.2. The van der Waals surface area contributed by atoms with Crippen LogP contribution in [-0.4, -0.2) is 208 Å². The van der Waals surface area contributed by atoms with E-state index in [1.54, 1.807) is 0 Å². The quantitative estimate of drug-likeness (QED) is 0.00928. The molecule has 29 heteroatoms. The van der Waals surface area contributed by atoms with Gasteiger partial charge in [0.05, 0.1) is 44.5 Å². The number of rotatable bonds is 41. The molecule has 0 fully saturated rings. The number of imide groups is 7. The Kier molecular flexibility index (Phi) is 29.2. The second-order valence-electron chi connectivity index (χ2n) is 34.2. The fraction of sp³-hybridized carbons (Fsp3) is 0.440. The van der Waals surface area contributed by atoms with E-state index in [2.05, 4.69) is 55.4 Å². The highest BCUT2D eigenvalue weighted by atomic mass is 16.6. The van der Waals surface area contributed by atoms with Crippen LogP contribution in [0.4, 0.5) is 0 Å². The number of cyclic esters (lactones) is 2. The van der Waals surface area contributed by atoms with Crippen molar-refractivity contribution in [1.29, 1.82) is 0 Å². The van der Waals surface area contributed by atoms with Gasteiger partial charge in [-0.25, -0.2) is 20.4 Å². The van der Waals surface area contributed by atoms with Crippen LogP contribution in [0.5, 0.6) is 0 Å². The fourth-order valence-corrected chi connectivity index (χ4v) is 18.6. The summed E-state index contributed by atoms with van der Waals surface area (Å²) in [7, 11) is 0. The van der Waals surface area contributed by atoms with Gasteiger partial charge in [-0.05, 0) is 172 Å². The van der Waals surface area contributed by atoms with Gasteiger partial charge >= 0.3 is 11.9 Å². The topological polar surface area (TPSA) is 368 Å². The summed E-state index contributed by atoms with van der Waals surface area (Å²) in [4.78, 5) is 220. The zero-order valence-electron chi connectivity index (χ0n) is 74.5. The Labute approximate surface area is 747 Å². The molecule has 8 aromatic carbocycles. The molecule has 8 heterocycles. The number of carbonyl (C=O) groups is 16. The van der Waals surface area contributed by atoms with Crippen LogP contribution in [0.3, 0.4) is 0 Å². The number of esters is 2. The van der Waals surface area contributed by atoms with Gasteiger partial charge in [0, 0.05) is 167 Å². The number of hydrazine groups is 2. The summed E-state index contributed by atoms with van der Waals surface area (Å²) in [6.07, 6.45) is 19.8. The third kappa shape index (κ3) is 17.6. The zero-order chi connectivity index (χ0) is 91.9. The SMILES string of the molecule is CCCCC(CC)COCCCN1C(=O)c2ccc3c4c(ccc(c24)C1=O)C(=O)N(N)C3=O.CCCCC(CC)COCCCN1C(=O)c2ccc3c4c(ccc(c24)C1=O)C(=O)N(N1C(=O)c2ccc4c5c(ccc(c25)C1=O)C(=O)N(CCCOCC(CC)CCCC)C4=O)C3=O.CCCCC(CC)COCCCN1C(=O)c2ccc3c4c(ccc(c24)C1=O)C(=O)OC3=O. The molecule has 0 radical (unpaired) electrons. The summed E-state index contributed by atoms with van der Waals surface area (Å²) in [6, 6.07) is 23.2. The molecule has 8 aromatic rings. The molecule has 8 aliphatic heterocycles. The first kappa shape index (κ1) is 92.9. The summed E-state index contributed by atoms with van der Waals surface area (Å²) in [6.45, 7) is 22.3. The lowest BCUT2D eigenvalue weighted by molar-refractivity contribution is 0.00211.